The molecule has 0 saturated carbocycles. The second-order valence-corrected chi connectivity index (χ2v) is 6.94. The third kappa shape index (κ3) is 8.42. The Balaban J connectivity index is 1.75. The van der Waals surface area contributed by atoms with Crippen molar-refractivity contribution in [3.63, 3.8) is 0 Å². The lowest BCUT2D eigenvalue weighted by atomic mass is 10.2. The molecule has 0 aromatic heterocycles. The van der Waals surface area contributed by atoms with Gasteiger partial charge in [0.1, 0.15) is 18.4 Å². The van der Waals surface area contributed by atoms with Gasteiger partial charge < -0.3 is 25.0 Å². The van der Waals surface area contributed by atoms with Crippen LogP contribution in [-0.2, 0) is 19.1 Å². The summed E-state index contributed by atoms with van der Waals surface area (Å²) in [5.41, 5.74) is 0.342. The fourth-order valence-electron chi connectivity index (χ4n) is 3.02. The van der Waals surface area contributed by atoms with Crippen LogP contribution in [0.15, 0.2) is 24.3 Å². The molecule has 1 heterocycles. The highest BCUT2D eigenvalue weighted by molar-refractivity contribution is 5.92. The SMILES string of the molecule is COCC(=O)N[C@H](C)C(=O)N1CCN(CC(=O)Nc2ccc(OC(F)(F)F)cc2)CC1. The van der Waals surface area contributed by atoms with E-state index in [9.17, 15) is 27.6 Å². The van der Waals surface area contributed by atoms with Gasteiger partial charge in [0.2, 0.25) is 17.7 Å². The second-order valence-electron chi connectivity index (χ2n) is 6.94. The monoisotopic (exact) mass is 446 g/mol. The van der Waals surface area contributed by atoms with Gasteiger partial charge in [-0.15, -0.1) is 13.2 Å². The lowest BCUT2D eigenvalue weighted by molar-refractivity contribution is -0.274. The summed E-state index contributed by atoms with van der Waals surface area (Å²) in [5, 5.41) is 5.17. The van der Waals surface area contributed by atoms with Crippen LogP contribution in [0.2, 0.25) is 0 Å². The van der Waals surface area contributed by atoms with Crippen LogP contribution in [0.5, 0.6) is 5.75 Å². The number of anilines is 1. The van der Waals surface area contributed by atoms with Gasteiger partial charge in [0, 0.05) is 39.0 Å². The summed E-state index contributed by atoms with van der Waals surface area (Å²) in [4.78, 5) is 39.6. The summed E-state index contributed by atoms with van der Waals surface area (Å²) >= 11 is 0. The lowest BCUT2D eigenvalue weighted by Gasteiger charge is -2.35. The molecule has 2 rings (SSSR count). The lowest BCUT2D eigenvalue weighted by Crippen LogP contribution is -2.55. The number of rotatable bonds is 8. The fourth-order valence-corrected chi connectivity index (χ4v) is 3.02. The van der Waals surface area contributed by atoms with Gasteiger partial charge in [0.15, 0.2) is 0 Å². The highest BCUT2D eigenvalue weighted by Crippen LogP contribution is 2.23. The van der Waals surface area contributed by atoms with E-state index in [1.54, 1.807) is 11.8 Å². The van der Waals surface area contributed by atoms with E-state index in [0.717, 1.165) is 12.1 Å². The summed E-state index contributed by atoms with van der Waals surface area (Å²) < 4.78 is 45.0. The standard InChI is InChI=1S/C19H25F3N4O5/c1-13(23-17(28)12-30-2)18(29)26-9-7-25(8-10-26)11-16(27)24-14-3-5-15(6-4-14)31-19(20,21)22/h3-6,13H,7-12H2,1-2H3,(H,23,28)(H,24,27)/t13-/m1/s1. The number of halogens is 3. The average Bonchev–Trinajstić information content (AvgIpc) is 2.68. The zero-order valence-electron chi connectivity index (χ0n) is 17.2. The van der Waals surface area contributed by atoms with Gasteiger partial charge in [-0.3, -0.25) is 19.3 Å². The minimum Gasteiger partial charge on any atom is -0.406 e. The first-order valence-corrected chi connectivity index (χ1v) is 9.52. The number of hydrogen-bond acceptors (Lipinski definition) is 6. The Kier molecular flexibility index (Phi) is 8.63. The van der Waals surface area contributed by atoms with Crippen LogP contribution in [0, 0.1) is 0 Å². The first-order chi connectivity index (χ1) is 14.6. The number of carbonyl (C=O) groups excluding carboxylic acids is 3. The van der Waals surface area contributed by atoms with Gasteiger partial charge in [-0.2, -0.15) is 0 Å². The predicted molar refractivity (Wildman–Crippen MR) is 104 cm³/mol. The molecule has 0 bridgehead atoms. The zero-order chi connectivity index (χ0) is 23.0. The summed E-state index contributed by atoms with van der Waals surface area (Å²) in [6.07, 6.45) is -4.78. The van der Waals surface area contributed by atoms with Crippen molar-refractivity contribution in [2.75, 3.05) is 51.8 Å². The van der Waals surface area contributed by atoms with Crippen molar-refractivity contribution >= 4 is 23.4 Å². The molecule has 1 atom stereocenters. The van der Waals surface area contributed by atoms with Gasteiger partial charge in [0.05, 0.1) is 6.54 Å². The van der Waals surface area contributed by atoms with Crippen molar-refractivity contribution in [3.8, 4) is 5.75 Å². The molecule has 0 spiro atoms. The molecule has 1 aromatic carbocycles. The molecular weight excluding hydrogens is 421 g/mol. The Hall–Kier alpha value is -2.86. The average molecular weight is 446 g/mol. The largest absolute Gasteiger partial charge is 0.573 e. The number of methoxy groups -OCH3 is 1. The molecule has 3 amide bonds. The zero-order valence-corrected chi connectivity index (χ0v) is 17.2. The topological polar surface area (TPSA) is 100 Å². The van der Waals surface area contributed by atoms with E-state index in [1.165, 1.54) is 19.2 Å². The van der Waals surface area contributed by atoms with E-state index in [0.29, 0.717) is 31.9 Å². The summed E-state index contributed by atoms with van der Waals surface area (Å²) in [7, 11) is 1.39. The van der Waals surface area contributed by atoms with E-state index in [4.69, 9.17) is 4.74 Å². The molecule has 172 valence electrons. The summed E-state index contributed by atoms with van der Waals surface area (Å²) in [5.74, 6) is -1.30. The molecule has 9 nitrogen and oxygen atoms in total. The van der Waals surface area contributed by atoms with E-state index in [2.05, 4.69) is 15.4 Å². The van der Waals surface area contributed by atoms with Crippen molar-refractivity contribution in [1.82, 2.24) is 15.1 Å². The molecule has 0 radical (unpaired) electrons. The maximum Gasteiger partial charge on any atom is 0.573 e. The Morgan fingerprint density at radius 3 is 2.23 bits per heavy atom. The van der Waals surface area contributed by atoms with Crippen molar-refractivity contribution in [2.45, 2.75) is 19.3 Å². The number of piperazine rings is 1. The van der Waals surface area contributed by atoms with Crippen LogP contribution in [0.3, 0.4) is 0 Å². The van der Waals surface area contributed by atoms with Gasteiger partial charge in [0.25, 0.3) is 0 Å². The summed E-state index contributed by atoms with van der Waals surface area (Å²) in [6.45, 7) is 3.29. The molecule has 1 fully saturated rings. The van der Waals surface area contributed by atoms with E-state index in [-0.39, 0.29) is 36.6 Å². The number of nitrogens with one attached hydrogen (secondary N) is 2. The maximum absolute atomic E-state index is 12.4. The van der Waals surface area contributed by atoms with E-state index in [1.807, 2.05) is 4.90 Å². The van der Waals surface area contributed by atoms with Crippen molar-refractivity contribution < 1.29 is 37.0 Å². The number of ether oxygens (including phenoxy) is 2. The number of carbonyl (C=O) groups is 3. The number of nitrogens with zero attached hydrogens (tertiary/aromatic N) is 2. The predicted octanol–water partition coefficient (Wildman–Crippen LogP) is 0.819. The first-order valence-electron chi connectivity index (χ1n) is 9.52. The molecule has 1 saturated heterocycles. The number of benzene rings is 1. The van der Waals surface area contributed by atoms with Gasteiger partial charge in [-0.05, 0) is 31.2 Å². The van der Waals surface area contributed by atoms with Gasteiger partial charge in [-0.1, -0.05) is 0 Å². The molecular formula is C19H25F3N4O5. The number of alkyl halides is 3. The highest BCUT2D eigenvalue weighted by atomic mass is 19.4. The smallest absolute Gasteiger partial charge is 0.406 e. The number of amides is 3. The third-order valence-electron chi connectivity index (χ3n) is 4.45. The van der Waals surface area contributed by atoms with Crippen LogP contribution in [-0.4, -0.2) is 86.4 Å². The van der Waals surface area contributed by atoms with E-state index >= 15 is 0 Å². The van der Waals surface area contributed by atoms with E-state index < -0.39 is 12.4 Å². The number of hydrogen-bond donors (Lipinski definition) is 2. The molecule has 31 heavy (non-hydrogen) atoms. The fraction of sp³-hybridized carbons (Fsp3) is 0.526. The highest BCUT2D eigenvalue weighted by Gasteiger charge is 2.31. The molecule has 1 aliphatic rings. The van der Waals surface area contributed by atoms with Gasteiger partial charge in [-0.25, -0.2) is 0 Å². The molecule has 12 heteroatoms. The Morgan fingerprint density at radius 2 is 1.68 bits per heavy atom. The Morgan fingerprint density at radius 1 is 1.06 bits per heavy atom. The van der Waals surface area contributed by atoms with Crippen LogP contribution in [0.25, 0.3) is 0 Å². The van der Waals surface area contributed by atoms with Crippen molar-refractivity contribution in [1.29, 1.82) is 0 Å². The Bertz CT molecular complexity index is 765. The van der Waals surface area contributed by atoms with Crippen LogP contribution < -0.4 is 15.4 Å². The Labute approximate surface area is 177 Å². The molecule has 1 aromatic rings. The first kappa shape index (κ1) is 24.4. The molecule has 0 aliphatic carbocycles. The molecule has 0 unspecified atom stereocenters. The minimum atomic E-state index is -4.78. The van der Waals surface area contributed by atoms with Crippen molar-refractivity contribution in [3.05, 3.63) is 24.3 Å². The second kappa shape index (κ2) is 11.0. The van der Waals surface area contributed by atoms with Crippen LogP contribution in [0.4, 0.5) is 18.9 Å². The third-order valence-corrected chi connectivity index (χ3v) is 4.45. The van der Waals surface area contributed by atoms with Crippen LogP contribution in [0.1, 0.15) is 6.92 Å². The molecule has 2 N–H and O–H groups in total. The molecule has 1 aliphatic heterocycles. The van der Waals surface area contributed by atoms with Crippen LogP contribution >= 0.6 is 0 Å². The maximum atomic E-state index is 12.4. The summed E-state index contributed by atoms with van der Waals surface area (Å²) in [6, 6.07) is 4.17. The quantitative estimate of drug-likeness (QED) is 0.614. The normalized spacial score (nSPS) is 15.8. The minimum absolute atomic E-state index is 0.0724. The van der Waals surface area contributed by atoms with Gasteiger partial charge >= 0.3 is 6.36 Å². The van der Waals surface area contributed by atoms with Crippen molar-refractivity contribution in [2.24, 2.45) is 0 Å².